The van der Waals surface area contributed by atoms with Crippen LogP contribution in [0.3, 0.4) is 0 Å². The molecular formula is C23H29N3O5. The number of hydrogen-bond donors (Lipinski definition) is 1. The van der Waals surface area contributed by atoms with Crippen molar-refractivity contribution in [2.45, 2.75) is 52.2 Å². The average Bonchev–Trinajstić information content (AvgIpc) is 2.73. The van der Waals surface area contributed by atoms with Gasteiger partial charge >= 0.3 is 0 Å². The maximum Gasteiger partial charge on any atom is 0.273 e. The minimum Gasteiger partial charge on any atom is -0.497 e. The molecule has 0 saturated carbocycles. The number of nitrogens with one attached hydrogen (secondary N) is 1. The van der Waals surface area contributed by atoms with Crippen LogP contribution in [-0.4, -0.2) is 40.8 Å². The van der Waals surface area contributed by atoms with E-state index in [-0.39, 0.29) is 36.5 Å². The van der Waals surface area contributed by atoms with Gasteiger partial charge in [0.2, 0.25) is 11.8 Å². The van der Waals surface area contributed by atoms with Gasteiger partial charge in [-0.1, -0.05) is 37.3 Å². The predicted molar refractivity (Wildman–Crippen MR) is 118 cm³/mol. The number of para-hydroxylation sites is 1. The number of benzene rings is 2. The van der Waals surface area contributed by atoms with Crippen LogP contribution in [0.25, 0.3) is 0 Å². The number of carbonyl (C=O) groups excluding carboxylic acids is 2. The van der Waals surface area contributed by atoms with Crippen LogP contribution in [0.1, 0.15) is 38.3 Å². The summed E-state index contributed by atoms with van der Waals surface area (Å²) in [6.07, 6.45) is 0.234. The fourth-order valence-electron chi connectivity index (χ4n) is 3.37. The number of amides is 2. The highest BCUT2D eigenvalue weighted by Gasteiger charge is 2.30. The third-order valence-electron chi connectivity index (χ3n) is 4.83. The lowest BCUT2D eigenvalue weighted by atomic mass is 10.0. The Morgan fingerprint density at radius 3 is 2.48 bits per heavy atom. The van der Waals surface area contributed by atoms with E-state index in [0.29, 0.717) is 17.7 Å². The Kier molecular flexibility index (Phi) is 8.54. The number of nitrogens with zero attached hydrogens (tertiary/aromatic N) is 2. The molecule has 2 rings (SSSR count). The van der Waals surface area contributed by atoms with Gasteiger partial charge in [0.15, 0.2) is 0 Å². The number of ether oxygens (including phenoxy) is 1. The van der Waals surface area contributed by atoms with Crippen LogP contribution in [0.2, 0.25) is 0 Å². The number of rotatable bonds is 10. The summed E-state index contributed by atoms with van der Waals surface area (Å²) in [7, 11) is 1.56. The monoisotopic (exact) mass is 427 g/mol. The molecular weight excluding hydrogens is 398 g/mol. The third kappa shape index (κ3) is 6.53. The van der Waals surface area contributed by atoms with Crippen molar-refractivity contribution in [3.63, 3.8) is 0 Å². The van der Waals surface area contributed by atoms with E-state index in [9.17, 15) is 19.7 Å². The van der Waals surface area contributed by atoms with Crippen LogP contribution in [0, 0.1) is 10.1 Å². The first-order valence-electron chi connectivity index (χ1n) is 10.2. The highest BCUT2D eigenvalue weighted by atomic mass is 16.6. The second kappa shape index (κ2) is 11.1. The first-order chi connectivity index (χ1) is 14.8. The molecule has 2 amide bonds. The number of carbonyl (C=O) groups is 2. The molecule has 0 aliphatic carbocycles. The van der Waals surface area contributed by atoms with Crippen molar-refractivity contribution < 1.29 is 19.2 Å². The molecule has 1 N–H and O–H groups in total. The normalized spacial score (nSPS) is 11.6. The Morgan fingerprint density at radius 2 is 1.87 bits per heavy atom. The molecule has 0 radical (unpaired) electrons. The molecule has 0 fully saturated rings. The van der Waals surface area contributed by atoms with Gasteiger partial charge in [-0.25, -0.2) is 0 Å². The minimum atomic E-state index is -0.705. The third-order valence-corrected chi connectivity index (χ3v) is 4.83. The van der Waals surface area contributed by atoms with Crippen molar-refractivity contribution in [2.24, 2.45) is 0 Å². The first-order valence-corrected chi connectivity index (χ1v) is 10.2. The van der Waals surface area contributed by atoms with E-state index in [2.05, 4.69) is 5.32 Å². The van der Waals surface area contributed by atoms with Crippen molar-refractivity contribution in [2.75, 3.05) is 7.11 Å². The summed E-state index contributed by atoms with van der Waals surface area (Å²) >= 11 is 0. The molecule has 1 atom stereocenters. The second-order valence-corrected chi connectivity index (χ2v) is 7.52. The highest BCUT2D eigenvalue weighted by molar-refractivity contribution is 5.89. The molecule has 2 aromatic rings. The molecule has 31 heavy (non-hydrogen) atoms. The van der Waals surface area contributed by atoms with Crippen LogP contribution in [0.15, 0.2) is 48.5 Å². The van der Waals surface area contributed by atoms with Crippen molar-refractivity contribution >= 4 is 17.5 Å². The number of nitro benzene ring substituents is 1. The van der Waals surface area contributed by atoms with Gasteiger partial charge in [0.05, 0.1) is 18.5 Å². The van der Waals surface area contributed by atoms with Gasteiger partial charge < -0.3 is 15.0 Å². The Hall–Kier alpha value is -3.42. The van der Waals surface area contributed by atoms with Gasteiger partial charge in [-0.05, 0) is 38.0 Å². The summed E-state index contributed by atoms with van der Waals surface area (Å²) in [6.45, 7) is 5.72. The number of methoxy groups -OCH3 is 1. The average molecular weight is 428 g/mol. The molecule has 0 spiro atoms. The van der Waals surface area contributed by atoms with Gasteiger partial charge in [-0.3, -0.25) is 19.7 Å². The van der Waals surface area contributed by atoms with Crippen LogP contribution < -0.4 is 10.1 Å². The Bertz CT molecular complexity index is 929. The summed E-state index contributed by atoms with van der Waals surface area (Å²) in [5.41, 5.74) is 0.996. The fourth-order valence-corrected chi connectivity index (χ4v) is 3.37. The van der Waals surface area contributed by atoms with Gasteiger partial charge in [0.1, 0.15) is 11.8 Å². The summed E-state index contributed by atoms with van der Waals surface area (Å²) in [6, 6.07) is 12.6. The summed E-state index contributed by atoms with van der Waals surface area (Å²) in [5.74, 6) is 0.0301. The molecule has 0 bridgehead atoms. The molecule has 2 aromatic carbocycles. The van der Waals surface area contributed by atoms with Crippen LogP contribution in [0.4, 0.5) is 5.69 Å². The van der Waals surface area contributed by atoms with E-state index in [1.165, 1.54) is 11.0 Å². The standard InChI is InChI=1S/C23H29N3O5/c1-5-20(23(28)24-16(2)3)25(15-17-9-8-11-19(13-17)31-4)22(27)14-18-10-6-7-12-21(18)26(29)30/h6-13,16,20H,5,14-15H2,1-4H3,(H,24,28)/t20-/m0/s1. The molecule has 0 aliphatic rings. The van der Waals surface area contributed by atoms with E-state index < -0.39 is 11.0 Å². The molecule has 166 valence electrons. The van der Waals surface area contributed by atoms with Gasteiger partial charge in [-0.2, -0.15) is 0 Å². The van der Waals surface area contributed by atoms with E-state index in [1.54, 1.807) is 37.4 Å². The van der Waals surface area contributed by atoms with E-state index >= 15 is 0 Å². The summed E-state index contributed by atoms with van der Waals surface area (Å²) in [5, 5.41) is 14.2. The summed E-state index contributed by atoms with van der Waals surface area (Å²) < 4.78 is 5.26. The van der Waals surface area contributed by atoms with E-state index in [1.807, 2.05) is 32.9 Å². The number of nitro groups is 1. The maximum atomic E-state index is 13.3. The zero-order valence-electron chi connectivity index (χ0n) is 18.3. The van der Waals surface area contributed by atoms with Crippen molar-refractivity contribution in [1.82, 2.24) is 10.2 Å². The number of hydrogen-bond acceptors (Lipinski definition) is 5. The Labute approximate surface area is 182 Å². The quantitative estimate of drug-likeness (QED) is 0.462. The first kappa shape index (κ1) is 23.9. The van der Waals surface area contributed by atoms with E-state index in [0.717, 1.165) is 5.56 Å². The Balaban J connectivity index is 2.38. The molecule has 8 nitrogen and oxygen atoms in total. The van der Waals surface area contributed by atoms with Crippen molar-refractivity contribution in [1.29, 1.82) is 0 Å². The second-order valence-electron chi connectivity index (χ2n) is 7.52. The minimum absolute atomic E-state index is 0.0782. The van der Waals surface area contributed by atoms with Crippen LogP contribution in [-0.2, 0) is 22.6 Å². The van der Waals surface area contributed by atoms with Crippen LogP contribution in [0.5, 0.6) is 5.75 Å². The largest absolute Gasteiger partial charge is 0.497 e. The van der Waals surface area contributed by atoms with Gasteiger partial charge in [-0.15, -0.1) is 0 Å². The predicted octanol–water partition coefficient (Wildman–Crippen LogP) is 3.48. The maximum absolute atomic E-state index is 13.3. The van der Waals surface area contributed by atoms with Crippen LogP contribution >= 0.6 is 0 Å². The summed E-state index contributed by atoms with van der Waals surface area (Å²) in [4.78, 5) is 38.5. The van der Waals surface area contributed by atoms with Gasteiger partial charge in [0, 0.05) is 24.2 Å². The highest BCUT2D eigenvalue weighted by Crippen LogP contribution is 2.22. The lowest BCUT2D eigenvalue weighted by molar-refractivity contribution is -0.385. The van der Waals surface area contributed by atoms with Crippen molar-refractivity contribution in [3.8, 4) is 5.75 Å². The topological polar surface area (TPSA) is 102 Å². The SMILES string of the molecule is CC[C@@H](C(=O)NC(C)C)N(Cc1cccc(OC)c1)C(=O)Cc1ccccc1[N+](=O)[O-]. The van der Waals surface area contributed by atoms with Gasteiger partial charge in [0.25, 0.3) is 5.69 Å². The molecule has 0 aliphatic heterocycles. The van der Waals surface area contributed by atoms with E-state index in [4.69, 9.17) is 4.74 Å². The molecule has 0 heterocycles. The smallest absolute Gasteiger partial charge is 0.273 e. The van der Waals surface area contributed by atoms with Crippen molar-refractivity contribution in [3.05, 3.63) is 69.8 Å². The zero-order chi connectivity index (χ0) is 23.0. The Morgan fingerprint density at radius 1 is 1.16 bits per heavy atom. The lowest BCUT2D eigenvalue weighted by Crippen LogP contribution is -2.50. The molecule has 0 aromatic heterocycles. The lowest BCUT2D eigenvalue weighted by Gasteiger charge is -2.31. The fraction of sp³-hybridized carbons (Fsp3) is 0.391. The molecule has 8 heteroatoms. The molecule has 0 unspecified atom stereocenters. The zero-order valence-corrected chi connectivity index (χ0v) is 18.3. The molecule has 0 saturated heterocycles.